The molecule has 0 rings (SSSR count). The maximum atomic E-state index is 8.42. The van der Waals surface area contributed by atoms with E-state index in [1.54, 1.807) is 31.0 Å². The molecule has 0 aliphatic heterocycles. The number of allylic oxidation sites excluding steroid dienone is 5. The van der Waals surface area contributed by atoms with E-state index in [4.69, 9.17) is 21.2 Å². The Kier molecular flexibility index (Phi) is 4.87. The van der Waals surface area contributed by atoms with Crippen LogP contribution in [0, 0.1) is 34.0 Å². The molecule has 14 heavy (non-hydrogen) atoms. The summed E-state index contributed by atoms with van der Waals surface area (Å²) in [7, 11) is 0. The van der Waals surface area contributed by atoms with Gasteiger partial charge in [-0.1, -0.05) is 0 Å². The van der Waals surface area contributed by atoms with Crippen LogP contribution in [0.15, 0.2) is 28.9 Å². The van der Waals surface area contributed by atoms with Gasteiger partial charge in [-0.05, 0) is 24.6 Å². The average molecular weight is 181 g/mol. The van der Waals surface area contributed by atoms with Crippen LogP contribution in [0.4, 0.5) is 0 Å². The van der Waals surface area contributed by atoms with E-state index in [1.807, 2.05) is 0 Å². The molecule has 0 aliphatic rings. The predicted octanol–water partition coefficient (Wildman–Crippen LogP) is 1.60. The first-order valence-corrected chi connectivity index (χ1v) is 3.55. The van der Waals surface area contributed by atoms with Gasteiger partial charge >= 0.3 is 0 Å². The van der Waals surface area contributed by atoms with E-state index in [0.717, 1.165) is 0 Å². The number of hydrogen-bond donors (Lipinski definition) is 0. The Morgan fingerprint density at radius 3 is 2.00 bits per heavy atom. The maximum absolute atomic E-state index is 8.42. The van der Waals surface area contributed by atoms with Crippen LogP contribution in [0.2, 0.25) is 0 Å². The van der Waals surface area contributed by atoms with Crippen LogP contribution >= 0.6 is 0 Å². The maximum Gasteiger partial charge on any atom is 0.129 e. The molecule has 0 aromatic carbocycles. The zero-order chi connectivity index (χ0) is 11.0. The van der Waals surface area contributed by atoms with Gasteiger partial charge in [0.25, 0.3) is 0 Å². The molecule has 66 valence electrons. The van der Waals surface area contributed by atoms with Gasteiger partial charge < -0.3 is 5.41 Å². The molecule has 0 N–H and O–H groups in total. The van der Waals surface area contributed by atoms with Crippen molar-refractivity contribution in [3.8, 4) is 18.2 Å². The minimum Gasteiger partial charge on any atom is -0.762 e. The van der Waals surface area contributed by atoms with E-state index in [-0.39, 0.29) is 11.1 Å². The van der Waals surface area contributed by atoms with Crippen LogP contribution in [-0.4, -0.2) is 5.87 Å². The Labute approximate surface area is 81.8 Å². The van der Waals surface area contributed by atoms with Gasteiger partial charge in [-0.3, -0.25) is 5.87 Å². The fourth-order valence-corrected chi connectivity index (χ4v) is 0.676. The van der Waals surface area contributed by atoms with Gasteiger partial charge in [0.15, 0.2) is 0 Å². The quantitative estimate of drug-likeness (QED) is 0.367. The molecule has 4 heteroatoms. The highest BCUT2D eigenvalue weighted by Gasteiger charge is 1.93. The Morgan fingerprint density at radius 2 is 1.64 bits per heavy atom. The third-order valence-electron chi connectivity index (χ3n) is 1.23. The zero-order valence-electron chi connectivity index (χ0n) is 7.44. The fraction of sp³-hybridized carbons (Fsp3) is 0.100. The summed E-state index contributed by atoms with van der Waals surface area (Å²) in [5.74, 6) is 1.68. The van der Waals surface area contributed by atoms with Crippen molar-refractivity contribution in [1.82, 2.24) is 0 Å². The average Bonchev–Trinajstić information content (AvgIpc) is 2.22. The van der Waals surface area contributed by atoms with E-state index >= 15 is 0 Å². The first-order chi connectivity index (χ1) is 6.67. The van der Waals surface area contributed by atoms with Gasteiger partial charge in [0, 0.05) is 0 Å². The number of nitriles is 3. The molecular weight excluding hydrogens is 176 g/mol. The molecule has 0 amide bonds. The summed E-state index contributed by atoms with van der Waals surface area (Å²) in [5, 5.41) is 33.7. The molecular formula is C10H5N4-. The van der Waals surface area contributed by atoms with Crippen molar-refractivity contribution in [3.63, 3.8) is 0 Å². The Morgan fingerprint density at radius 1 is 1.07 bits per heavy atom. The van der Waals surface area contributed by atoms with E-state index in [0.29, 0.717) is 5.57 Å². The molecule has 0 aromatic rings. The van der Waals surface area contributed by atoms with Crippen LogP contribution in [0.25, 0.3) is 5.41 Å². The highest BCUT2D eigenvalue weighted by Crippen LogP contribution is 2.03. The van der Waals surface area contributed by atoms with Gasteiger partial charge in [0.05, 0.1) is 5.57 Å². The lowest BCUT2D eigenvalue weighted by Crippen LogP contribution is -1.78. The lowest BCUT2D eigenvalue weighted by molar-refractivity contribution is 1.42. The van der Waals surface area contributed by atoms with Crippen LogP contribution in [-0.2, 0) is 0 Å². The molecule has 0 fully saturated rings. The van der Waals surface area contributed by atoms with Crippen molar-refractivity contribution in [2.75, 3.05) is 0 Å². The summed E-state index contributed by atoms with van der Waals surface area (Å²) in [6.45, 7) is 1.60. The minimum atomic E-state index is -0.0611. The van der Waals surface area contributed by atoms with E-state index in [1.165, 1.54) is 12.2 Å². The molecule has 0 saturated carbocycles. The fourth-order valence-electron chi connectivity index (χ4n) is 0.676. The number of rotatable bonds is 2. The van der Waals surface area contributed by atoms with Crippen molar-refractivity contribution in [1.29, 1.82) is 15.8 Å². The van der Waals surface area contributed by atoms with Gasteiger partial charge in [-0.2, -0.15) is 15.8 Å². The summed E-state index contributed by atoms with van der Waals surface area (Å²) in [6, 6.07) is 5.03. The highest BCUT2D eigenvalue weighted by molar-refractivity contribution is 5.70. The lowest BCUT2D eigenvalue weighted by Gasteiger charge is -1.90. The summed E-state index contributed by atoms with van der Waals surface area (Å²) in [5.41, 5.74) is 0.393. The third kappa shape index (κ3) is 3.69. The SMILES string of the molecule is CC(C=C(C#N)C#N)=CC(=C=[N-])C#N. The van der Waals surface area contributed by atoms with Gasteiger partial charge in [-0.25, -0.2) is 0 Å². The normalized spacial score (nSPS) is 8.57. The summed E-state index contributed by atoms with van der Waals surface area (Å²) < 4.78 is 0. The van der Waals surface area contributed by atoms with E-state index in [2.05, 4.69) is 0 Å². The second-order valence-electron chi connectivity index (χ2n) is 2.31. The molecule has 0 atom stereocenters. The molecule has 0 bridgehead atoms. The smallest absolute Gasteiger partial charge is 0.129 e. The Bertz CT molecular complexity index is 438. The van der Waals surface area contributed by atoms with Gasteiger partial charge in [0.2, 0.25) is 0 Å². The second kappa shape index (κ2) is 5.98. The van der Waals surface area contributed by atoms with Crippen molar-refractivity contribution in [2.45, 2.75) is 6.92 Å². The molecule has 0 aromatic heterocycles. The second-order valence-corrected chi connectivity index (χ2v) is 2.31. The molecule has 0 heterocycles. The van der Waals surface area contributed by atoms with Crippen molar-refractivity contribution in [3.05, 3.63) is 34.3 Å². The predicted molar refractivity (Wildman–Crippen MR) is 50.6 cm³/mol. The minimum absolute atomic E-state index is 0.0611. The zero-order valence-corrected chi connectivity index (χ0v) is 7.44. The van der Waals surface area contributed by atoms with Crippen molar-refractivity contribution < 1.29 is 0 Å². The highest BCUT2D eigenvalue weighted by atomic mass is 14.3. The Balaban J connectivity index is 5.05. The third-order valence-corrected chi connectivity index (χ3v) is 1.23. The summed E-state index contributed by atoms with van der Waals surface area (Å²) >= 11 is 0. The van der Waals surface area contributed by atoms with Crippen LogP contribution in [0.1, 0.15) is 6.92 Å². The van der Waals surface area contributed by atoms with E-state index in [9.17, 15) is 0 Å². The molecule has 0 saturated heterocycles. The number of nitrogens with zero attached hydrogens (tertiary/aromatic N) is 4. The molecule has 0 unspecified atom stereocenters. The van der Waals surface area contributed by atoms with Crippen LogP contribution < -0.4 is 0 Å². The summed E-state index contributed by atoms with van der Waals surface area (Å²) in [4.78, 5) is 0. The molecule has 0 aliphatic carbocycles. The van der Waals surface area contributed by atoms with Crippen LogP contribution in [0.3, 0.4) is 0 Å². The first kappa shape index (κ1) is 11.4. The lowest BCUT2D eigenvalue weighted by atomic mass is 10.1. The van der Waals surface area contributed by atoms with Gasteiger partial charge in [0.1, 0.15) is 23.8 Å². The molecule has 0 radical (unpaired) electrons. The van der Waals surface area contributed by atoms with Gasteiger partial charge in [-0.15, -0.1) is 0 Å². The summed E-state index contributed by atoms with van der Waals surface area (Å²) in [6.07, 6.45) is 2.63. The largest absolute Gasteiger partial charge is 0.762 e. The first-order valence-electron chi connectivity index (χ1n) is 3.55. The molecule has 4 nitrogen and oxygen atoms in total. The Hall–Kier alpha value is -2.60. The standard InChI is InChI=1S/C10H5N4/c1-8(2-9(4-11)5-12)3-10(6-13)7-14/h2-3H,1H3/q-1. The van der Waals surface area contributed by atoms with Crippen LogP contribution in [0.5, 0.6) is 0 Å². The topological polar surface area (TPSA) is 93.7 Å². The molecule has 0 spiro atoms. The van der Waals surface area contributed by atoms with Crippen molar-refractivity contribution >= 4 is 5.87 Å². The van der Waals surface area contributed by atoms with E-state index < -0.39 is 0 Å². The monoisotopic (exact) mass is 181 g/mol. The van der Waals surface area contributed by atoms with Crippen molar-refractivity contribution in [2.24, 2.45) is 0 Å². The number of hydrogen-bond acceptors (Lipinski definition) is 3.